The summed E-state index contributed by atoms with van der Waals surface area (Å²) in [6.45, 7) is 1.46. The van der Waals surface area contributed by atoms with Gasteiger partial charge in [-0.05, 0) is 24.3 Å². The van der Waals surface area contributed by atoms with Crippen molar-refractivity contribution in [3.8, 4) is 11.5 Å². The second kappa shape index (κ2) is 7.01. The number of nitrogens with one attached hydrogen (secondary N) is 2. The van der Waals surface area contributed by atoms with Crippen LogP contribution in [0.1, 0.15) is 0 Å². The summed E-state index contributed by atoms with van der Waals surface area (Å²) in [5.74, 6) is 1.73. The number of halogens is 1. The van der Waals surface area contributed by atoms with Crippen molar-refractivity contribution in [3.63, 3.8) is 0 Å². The van der Waals surface area contributed by atoms with Crippen molar-refractivity contribution in [1.29, 1.82) is 0 Å². The molecule has 26 heavy (non-hydrogen) atoms. The van der Waals surface area contributed by atoms with Gasteiger partial charge in [0.2, 0.25) is 5.91 Å². The number of piperazine rings is 1. The highest BCUT2D eigenvalue weighted by molar-refractivity contribution is 6.30. The predicted molar refractivity (Wildman–Crippen MR) is 97.5 cm³/mol. The van der Waals surface area contributed by atoms with Gasteiger partial charge in [0.1, 0.15) is 23.9 Å². The van der Waals surface area contributed by atoms with Crippen molar-refractivity contribution in [2.75, 3.05) is 29.9 Å². The molecule has 0 radical (unpaired) electrons. The Labute approximate surface area is 154 Å². The van der Waals surface area contributed by atoms with Crippen LogP contribution in [0.2, 0.25) is 5.02 Å². The second-order valence-corrected chi connectivity index (χ2v) is 6.11. The zero-order valence-corrected chi connectivity index (χ0v) is 14.4. The van der Waals surface area contributed by atoms with E-state index in [9.17, 15) is 4.79 Å². The van der Waals surface area contributed by atoms with E-state index in [0.29, 0.717) is 47.2 Å². The maximum Gasteiger partial charge on any atom is 0.298 e. The maximum absolute atomic E-state index is 11.5. The second-order valence-electron chi connectivity index (χ2n) is 5.67. The number of pyridine rings is 2. The van der Waals surface area contributed by atoms with Gasteiger partial charge in [-0.2, -0.15) is 0 Å². The summed E-state index contributed by atoms with van der Waals surface area (Å²) in [4.78, 5) is 26.3. The third-order valence-electron chi connectivity index (χ3n) is 3.79. The number of rotatable bonds is 4. The number of hydrogen-bond acceptors (Lipinski definition) is 7. The number of aromatic nitrogens is 3. The van der Waals surface area contributed by atoms with Crippen LogP contribution in [-0.4, -0.2) is 40.5 Å². The van der Waals surface area contributed by atoms with Gasteiger partial charge in [-0.1, -0.05) is 17.7 Å². The highest BCUT2D eigenvalue weighted by Gasteiger charge is 2.21. The van der Waals surface area contributed by atoms with Gasteiger partial charge < -0.3 is 20.0 Å². The quantitative estimate of drug-likeness (QED) is 0.728. The number of anilines is 3. The molecule has 1 aliphatic heterocycles. The third kappa shape index (κ3) is 3.60. The fourth-order valence-corrected chi connectivity index (χ4v) is 2.67. The summed E-state index contributed by atoms with van der Waals surface area (Å²) in [6.07, 6.45) is 3.17. The number of oxazole rings is 1. The summed E-state index contributed by atoms with van der Waals surface area (Å²) in [6, 6.07) is 9.44. The lowest BCUT2D eigenvalue weighted by molar-refractivity contribution is -0.120. The van der Waals surface area contributed by atoms with Gasteiger partial charge in [-0.15, -0.1) is 0 Å². The molecule has 0 bridgehead atoms. The average molecular weight is 371 g/mol. The SMILES string of the molecule is O=C1CN(c2ncc(-c3cccc(Nc4ccc(Cl)cn4)n3)o2)CCN1. The molecule has 1 fully saturated rings. The van der Waals surface area contributed by atoms with Crippen LogP contribution in [0.3, 0.4) is 0 Å². The number of amides is 1. The lowest BCUT2D eigenvalue weighted by Gasteiger charge is -2.24. The van der Waals surface area contributed by atoms with Crippen molar-refractivity contribution in [2.45, 2.75) is 0 Å². The molecule has 1 aliphatic rings. The van der Waals surface area contributed by atoms with Crippen LogP contribution in [0.15, 0.2) is 47.1 Å². The molecule has 0 spiro atoms. The van der Waals surface area contributed by atoms with Crippen LogP contribution in [0.4, 0.5) is 17.7 Å². The molecule has 4 rings (SSSR count). The van der Waals surface area contributed by atoms with Gasteiger partial charge in [0.15, 0.2) is 5.76 Å². The topological polar surface area (TPSA) is 96.2 Å². The van der Waals surface area contributed by atoms with E-state index in [1.807, 2.05) is 18.2 Å². The Morgan fingerprint density at radius 2 is 2.08 bits per heavy atom. The lowest BCUT2D eigenvalue weighted by atomic mass is 10.3. The van der Waals surface area contributed by atoms with E-state index in [0.717, 1.165) is 0 Å². The van der Waals surface area contributed by atoms with Crippen molar-refractivity contribution >= 4 is 35.2 Å². The zero-order valence-electron chi connectivity index (χ0n) is 13.6. The van der Waals surface area contributed by atoms with Crippen molar-refractivity contribution in [2.24, 2.45) is 0 Å². The molecule has 9 heteroatoms. The maximum atomic E-state index is 11.5. The van der Waals surface area contributed by atoms with Crippen LogP contribution in [0, 0.1) is 0 Å². The summed E-state index contributed by atoms with van der Waals surface area (Å²) in [5, 5.41) is 6.45. The van der Waals surface area contributed by atoms with Crippen molar-refractivity contribution < 1.29 is 9.21 Å². The summed E-state index contributed by atoms with van der Waals surface area (Å²) in [7, 11) is 0. The zero-order chi connectivity index (χ0) is 17.9. The Bertz CT molecular complexity index is 927. The molecule has 8 nitrogen and oxygen atoms in total. The Hall–Kier alpha value is -3.13. The molecule has 0 aromatic carbocycles. The first-order chi connectivity index (χ1) is 12.7. The first-order valence-corrected chi connectivity index (χ1v) is 8.39. The molecule has 3 aromatic heterocycles. The number of nitrogens with zero attached hydrogens (tertiary/aromatic N) is 4. The van der Waals surface area contributed by atoms with Gasteiger partial charge in [0.05, 0.1) is 11.2 Å². The van der Waals surface area contributed by atoms with Gasteiger partial charge in [-0.3, -0.25) is 4.79 Å². The molecular formula is C17H15ClN6O2. The van der Waals surface area contributed by atoms with Gasteiger partial charge >= 0.3 is 0 Å². The Kier molecular flexibility index (Phi) is 4.40. The summed E-state index contributed by atoms with van der Waals surface area (Å²) < 4.78 is 5.79. The molecule has 4 heterocycles. The van der Waals surface area contributed by atoms with Gasteiger partial charge in [-0.25, -0.2) is 15.0 Å². The van der Waals surface area contributed by atoms with E-state index < -0.39 is 0 Å². The normalized spacial score (nSPS) is 14.2. The van der Waals surface area contributed by atoms with E-state index in [2.05, 4.69) is 25.6 Å². The smallest absolute Gasteiger partial charge is 0.298 e. The van der Waals surface area contributed by atoms with Crippen LogP contribution in [-0.2, 0) is 4.79 Å². The van der Waals surface area contributed by atoms with E-state index in [4.69, 9.17) is 16.0 Å². The fourth-order valence-electron chi connectivity index (χ4n) is 2.55. The molecule has 1 amide bonds. The standard InChI is InChI=1S/C17H15ClN6O2/c18-11-4-5-14(20-8-11)23-15-3-1-2-12(22-15)13-9-21-17(26-13)24-7-6-19-16(25)10-24/h1-5,8-9H,6-7,10H2,(H,19,25)(H,20,22,23). The van der Waals surface area contributed by atoms with Gasteiger partial charge in [0.25, 0.3) is 6.01 Å². The Morgan fingerprint density at radius 1 is 1.15 bits per heavy atom. The first-order valence-electron chi connectivity index (χ1n) is 8.01. The summed E-state index contributed by atoms with van der Waals surface area (Å²) in [5.41, 5.74) is 0.629. The molecule has 2 N–H and O–H groups in total. The number of carbonyl (C=O) groups excluding carboxylic acids is 1. The van der Waals surface area contributed by atoms with Crippen LogP contribution < -0.4 is 15.5 Å². The highest BCUT2D eigenvalue weighted by atomic mass is 35.5. The minimum Gasteiger partial charge on any atom is -0.422 e. The predicted octanol–water partition coefficient (Wildman–Crippen LogP) is 2.46. The van der Waals surface area contributed by atoms with Crippen LogP contribution in [0.5, 0.6) is 0 Å². The van der Waals surface area contributed by atoms with E-state index in [1.165, 1.54) is 0 Å². The molecule has 3 aromatic rings. The van der Waals surface area contributed by atoms with E-state index in [-0.39, 0.29) is 12.5 Å². The highest BCUT2D eigenvalue weighted by Crippen LogP contribution is 2.25. The fraction of sp³-hybridized carbons (Fsp3) is 0.176. The first kappa shape index (κ1) is 16.3. The molecular weight excluding hydrogens is 356 g/mol. The van der Waals surface area contributed by atoms with Crippen molar-refractivity contribution in [3.05, 3.63) is 47.7 Å². The Morgan fingerprint density at radius 3 is 2.88 bits per heavy atom. The number of hydrogen-bond donors (Lipinski definition) is 2. The van der Waals surface area contributed by atoms with E-state index in [1.54, 1.807) is 29.4 Å². The molecule has 0 aliphatic carbocycles. The summed E-state index contributed by atoms with van der Waals surface area (Å²) >= 11 is 5.84. The monoisotopic (exact) mass is 370 g/mol. The minimum absolute atomic E-state index is 0.0456. The lowest BCUT2D eigenvalue weighted by Crippen LogP contribution is -2.47. The van der Waals surface area contributed by atoms with Crippen LogP contribution >= 0.6 is 11.6 Å². The molecule has 0 unspecified atom stereocenters. The average Bonchev–Trinajstić information content (AvgIpc) is 3.14. The molecule has 0 atom stereocenters. The third-order valence-corrected chi connectivity index (χ3v) is 4.01. The largest absolute Gasteiger partial charge is 0.422 e. The number of carbonyl (C=O) groups is 1. The van der Waals surface area contributed by atoms with Crippen LogP contribution in [0.25, 0.3) is 11.5 Å². The molecule has 0 saturated carbocycles. The Balaban J connectivity index is 1.53. The van der Waals surface area contributed by atoms with Gasteiger partial charge in [0, 0.05) is 19.3 Å². The molecule has 132 valence electrons. The molecule has 1 saturated heterocycles. The minimum atomic E-state index is -0.0456. The van der Waals surface area contributed by atoms with E-state index >= 15 is 0 Å². The van der Waals surface area contributed by atoms with Crippen molar-refractivity contribution in [1.82, 2.24) is 20.3 Å².